The molecule has 1 aromatic rings. The Kier molecular flexibility index (Phi) is 6.44. The molecule has 0 saturated heterocycles. The second-order valence-corrected chi connectivity index (χ2v) is 2.92. The first-order chi connectivity index (χ1) is 7.17. The lowest BCUT2D eigenvalue weighted by atomic mass is 10.3. The van der Waals surface area contributed by atoms with Gasteiger partial charge in [0, 0.05) is 6.07 Å². The summed E-state index contributed by atoms with van der Waals surface area (Å²) in [6.07, 6.45) is 0. The summed E-state index contributed by atoms with van der Waals surface area (Å²) in [7, 11) is 3.12. The van der Waals surface area contributed by atoms with E-state index in [4.69, 9.17) is 4.74 Å². The molecule has 0 bridgehead atoms. The quantitative estimate of drug-likeness (QED) is 0.847. The molecule has 0 aliphatic heterocycles. The molecule has 4 nitrogen and oxygen atoms in total. The van der Waals surface area contributed by atoms with Crippen LogP contribution in [0.2, 0.25) is 0 Å². The van der Waals surface area contributed by atoms with Gasteiger partial charge in [-0.3, -0.25) is 4.79 Å². The monoisotopic (exact) mass is 248 g/mol. The Bertz CT molecular complexity index is 361. The highest BCUT2D eigenvalue weighted by atomic mass is 35.5. The third kappa shape index (κ3) is 4.04. The van der Waals surface area contributed by atoms with E-state index < -0.39 is 5.82 Å². The van der Waals surface area contributed by atoms with Gasteiger partial charge >= 0.3 is 0 Å². The Balaban J connectivity index is 0.00000225. The zero-order chi connectivity index (χ0) is 11.3. The second kappa shape index (κ2) is 7.03. The van der Waals surface area contributed by atoms with E-state index in [1.165, 1.54) is 25.3 Å². The molecule has 0 aliphatic rings. The van der Waals surface area contributed by atoms with E-state index in [1.54, 1.807) is 7.05 Å². The lowest BCUT2D eigenvalue weighted by Gasteiger charge is -2.07. The Morgan fingerprint density at radius 3 is 2.75 bits per heavy atom. The number of carbonyl (C=O) groups is 1. The highest BCUT2D eigenvalue weighted by molar-refractivity contribution is 5.92. The molecule has 0 unspecified atom stereocenters. The number of carbonyl (C=O) groups excluding carboxylic acids is 1. The summed E-state index contributed by atoms with van der Waals surface area (Å²) >= 11 is 0. The number of methoxy groups -OCH3 is 1. The number of likely N-dealkylation sites (N-methyl/N-ethyl adjacent to an activating group) is 1. The predicted molar refractivity (Wildman–Crippen MR) is 62.8 cm³/mol. The van der Waals surface area contributed by atoms with Crippen LogP contribution in [0.3, 0.4) is 0 Å². The zero-order valence-corrected chi connectivity index (χ0v) is 9.86. The van der Waals surface area contributed by atoms with E-state index >= 15 is 0 Å². The lowest BCUT2D eigenvalue weighted by Crippen LogP contribution is -2.25. The van der Waals surface area contributed by atoms with Crippen LogP contribution in [0.4, 0.5) is 10.1 Å². The van der Waals surface area contributed by atoms with Gasteiger partial charge in [-0.2, -0.15) is 0 Å². The van der Waals surface area contributed by atoms with Crippen LogP contribution in [0.5, 0.6) is 5.75 Å². The van der Waals surface area contributed by atoms with Crippen molar-refractivity contribution in [3.8, 4) is 5.75 Å². The Morgan fingerprint density at radius 1 is 1.50 bits per heavy atom. The number of amides is 1. The maximum atomic E-state index is 13.2. The average Bonchev–Trinajstić information content (AvgIpc) is 2.21. The molecule has 0 heterocycles. The van der Waals surface area contributed by atoms with E-state index in [9.17, 15) is 9.18 Å². The fraction of sp³-hybridized carbons (Fsp3) is 0.300. The maximum absolute atomic E-state index is 13.2. The summed E-state index contributed by atoms with van der Waals surface area (Å²) in [5.74, 6) is -0.291. The predicted octanol–water partition coefficient (Wildman–Crippen LogP) is 1.41. The van der Waals surface area contributed by atoms with Crippen LogP contribution < -0.4 is 15.4 Å². The average molecular weight is 249 g/mol. The Morgan fingerprint density at radius 2 is 2.19 bits per heavy atom. The van der Waals surface area contributed by atoms with Gasteiger partial charge in [0.15, 0.2) is 0 Å². The van der Waals surface area contributed by atoms with Gasteiger partial charge in [-0.15, -0.1) is 12.4 Å². The first-order valence-corrected chi connectivity index (χ1v) is 4.45. The van der Waals surface area contributed by atoms with E-state index in [0.717, 1.165) is 0 Å². The molecule has 90 valence electrons. The lowest BCUT2D eigenvalue weighted by molar-refractivity contribution is -0.115. The molecule has 1 aromatic carbocycles. The van der Waals surface area contributed by atoms with Gasteiger partial charge in [-0.1, -0.05) is 0 Å². The molecule has 16 heavy (non-hydrogen) atoms. The molecular formula is C10H14ClFN2O2. The molecule has 0 aromatic heterocycles. The van der Waals surface area contributed by atoms with Gasteiger partial charge in [0.1, 0.15) is 11.6 Å². The van der Waals surface area contributed by atoms with E-state index in [-0.39, 0.29) is 30.5 Å². The number of nitrogens with one attached hydrogen (secondary N) is 2. The second-order valence-electron chi connectivity index (χ2n) is 2.92. The fourth-order valence-electron chi connectivity index (χ4n) is 1.08. The van der Waals surface area contributed by atoms with E-state index in [1.807, 2.05) is 0 Å². The fourth-order valence-corrected chi connectivity index (χ4v) is 1.08. The van der Waals surface area contributed by atoms with Gasteiger partial charge in [0.05, 0.1) is 19.3 Å². The molecule has 0 aliphatic carbocycles. The highest BCUT2D eigenvalue weighted by Crippen LogP contribution is 2.20. The van der Waals surface area contributed by atoms with E-state index in [0.29, 0.717) is 5.75 Å². The minimum Gasteiger partial charge on any atom is -0.497 e. The topological polar surface area (TPSA) is 50.4 Å². The smallest absolute Gasteiger partial charge is 0.238 e. The number of benzene rings is 1. The van der Waals surface area contributed by atoms with Gasteiger partial charge in [0.2, 0.25) is 5.91 Å². The molecular weight excluding hydrogens is 235 g/mol. The third-order valence-corrected chi connectivity index (χ3v) is 1.78. The van der Waals surface area contributed by atoms with Gasteiger partial charge < -0.3 is 15.4 Å². The number of anilines is 1. The summed E-state index contributed by atoms with van der Waals surface area (Å²) in [5.41, 5.74) is 0.120. The number of hydrogen-bond donors (Lipinski definition) is 2. The Labute approximate surface area is 99.6 Å². The molecule has 0 saturated carbocycles. The number of halogens is 2. The van der Waals surface area contributed by atoms with Crippen LogP contribution in [0.25, 0.3) is 0 Å². The number of ether oxygens (including phenoxy) is 1. The van der Waals surface area contributed by atoms with Gasteiger partial charge in [-0.05, 0) is 19.2 Å². The van der Waals surface area contributed by atoms with E-state index in [2.05, 4.69) is 10.6 Å². The first kappa shape index (κ1) is 14.7. The maximum Gasteiger partial charge on any atom is 0.238 e. The molecule has 1 rings (SSSR count). The van der Waals surface area contributed by atoms with Crippen molar-refractivity contribution in [3.05, 3.63) is 24.0 Å². The van der Waals surface area contributed by atoms with Crippen LogP contribution >= 0.6 is 12.4 Å². The molecule has 1 amide bonds. The SMILES string of the molecule is CNCC(=O)Nc1cc(OC)ccc1F.Cl. The van der Waals surface area contributed by atoms with Crippen molar-refractivity contribution in [1.29, 1.82) is 0 Å². The molecule has 0 radical (unpaired) electrons. The van der Waals surface area contributed by atoms with Crippen LogP contribution in [0.15, 0.2) is 18.2 Å². The normalized spacial score (nSPS) is 9.19. The minimum absolute atomic E-state index is 0. The van der Waals surface area contributed by atoms with Crippen molar-refractivity contribution in [2.24, 2.45) is 0 Å². The zero-order valence-electron chi connectivity index (χ0n) is 9.04. The molecule has 0 spiro atoms. The molecule has 0 fully saturated rings. The van der Waals surface area contributed by atoms with Crippen molar-refractivity contribution in [1.82, 2.24) is 5.32 Å². The molecule has 6 heteroatoms. The van der Waals surface area contributed by atoms with Crippen molar-refractivity contribution >= 4 is 24.0 Å². The number of hydrogen-bond acceptors (Lipinski definition) is 3. The van der Waals surface area contributed by atoms with Crippen molar-refractivity contribution in [2.75, 3.05) is 26.0 Å². The van der Waals surface area contributed by atoms with Crippen LogP contribution in [-0.2, 0) is 4.79 Å². The third-order valence-electron chi connectivity index (χ3n) is 1.78. The molecule has 0 atom stereocenters. The van der Waals surface area contributed by atoms with Crippen LogP contribution in [-0.4, -0.2) is 26.6 Å². The Hall–Kier alpha value is -1.33. The highest BCUT2D eigenvalue weighted by Gasteiger charge is 2.07. The summed E-state index contributed by atoms with van der Waals surface area (Å²) in [5, 5.41) is 5.10. The summed E-state index contributed by atoms with van der Waals surface area (Å²) in [6.45, 7) is 0.136. The van der Waals surface area contributed by atoms with Crippen molar-refractivity contribution in [3.63, 3.8) is 0 Å². The van der Waals surface area contributed by atoms with Gasteiger partial charge in [-0.25, -0.2) is 4.39 Å². The summed E-state index contributed by atoms with van der Waals surface area (Å²) in [4.78, 5) is 11.2. The first-order valence-electron chi connectivity index (χ1n) is 4.45. The largest absolute Gasteiger partial charge is 0.497 e. The van der Waals surface area contributed by atoms with Gasteiger partial charge in [0.25, 0.3) is 0 Å². The van der Waals surface area contributed by atoms with Crippen molar-refractivity contribution in [2.45, 2.75) is 0 Å². The summed E-state index contributed by atoms with van der Waals surface area (Å²) < 4.78 is 18.1. The number of rotatable bonds is 4. The van der Waals surface area contributed by atoms with Crippen molar-refractivity contribution < 1.29 is 13.9 Å². The standard InChI is InChI=1S/C10H13FN2O2.ClH/c1-12-6-10(14)13-9-5-7(15-2)3-4-8(9)11;/h3-5,12H,6H2,1-2H3,(H,13,14);1H. The van der Waals surface area contributed by atoms with Crippen LogP contribution in [0.1, 0.15) is 0 Å². The summed E-state index contributed by atoms with van der Waals surface area (Å²) in [6, 6.07) is 4.17. The minimum atomic E-state index is -0.486. The molecule has 2 N–H and O–H groups in total. The van der Waals surface area contributed by atoms with Crippen LogP contribution in [0, 0.1) is 5.82 Å².